The summed E-state index contributed by atoms with van der Waals surface area (Å²) in [5.41, 5.74) is 2.13. The highest BCUT2D eigenvalue weighted by molar-refractivity contribution is 7.92. The third kappa shape index (κ3) is 4.41. The van der Waals surface area contributed by atoms with Crippen LogP contribution in [-0.2, 0) is 16.4 Å². The molecule has 25 heavy (non-hydrogen) atoms. The maximum absolute atomic E-state index is 12.5. The van der Waals surface area contributed by atoms with Crippen molar-refractivity contribution in [3.05, 3.63) is 41.3 Å². The van der Waals surface area contributed by atoms with Gasteiger partial charge in [0.25, 0.3) is 10.0 Å². The normalized spacial score (nSPS) is 15.6. The lowest BCUT2D eigenvalue weighted by atomic mass is 10.1. The van der Waals surface area contributed by atoms with E-state index in [-0.39, 0.29) is 4.90 Å². The molecule has 3 rings (SSSR count). The molecule has 0 saturated carbocycles. The smallest absolute Gasteiger partial charge is 0.267 e. The van der Waals surface area contributed by atoms with E-state index in [0.717, 1.165) is 19.4 Å². The molecule has 1 aliphatic rings. The molecule has 0 radical (unpaired) electrons. The van der Waals surface area contributed by atoms with Crippen molar-refractivity contribution in [1.82, 2.24) is 10.1 Å². The van der Waals surface area contributed by atoms with Crippen molar-refractivity contribution in [1.29, 1.82) is 0 Å². The highest BCUT2D eigenvalue weighted by Gasteiger charge is 2.24. The zero-order chi connectivity index (χ0) is 17.9. The van der Waals surface area contributed by atoms with Crippen LogP contribution in [0.25, 0.3) is 0 Å². The highest BCUT2D eigenvalue weighted by Crippen LogP contribution is 2.22. The van der Waals surface area contributed by atoms with Gasteiger partial charge in [-0.05, 0) is 76.9 Å². The maximum Gasteiger partial charge on any atom is 0.267 e. The highest BCUT2D eigenvalue weighted by atomic mass is 32.2. The molecule has 0 unspecified atom stereocenters. The fourth-order valence-electron chi connectivity index (χ4n) is 3.32. The second-order valence-electron chi connectivity index (χ2n) is 6.61. The summed E-state index contributed by atoms with van der Waals surface area (Å²) in [5.74, 6) is 0.295. The Labute approximate surface area is 149 Å². The zero-order valence-electron chi connectivity index (χ0n) is 14.8. The van der Waals surface area contributed by atoms with E-state index >= 15 is 0 Å². The number of likely N-dealkylation sites (tertiary alicyclic amines) is 1. The Hall–Kier alpha value is -1.86. The van der Waals surface area contributed by atoms with Crippen LogP contribution in [0.3, 0.4) is 0 Å². The number of rotatable bonds is 7. The molecule has 1 aromatic carbocycles. The van der Waals surface area contributed by atoms with Crippen molar-refractivity contribution < 1.29 is 12.9 Å². The maximum atomic E-state index is 12.5. The molecule has 136 valence electrons. The number of nitrogens with one attached hydrogen (secondary N) is 1. The van der Waals surface area contributed by atoms with Gasteiger partial charge in [0.2, 0.25) is 0 Å². The Balaban J connectivity index is 1.58. The van der Waals surface area contributed by atoms with Gasteiger partial charge in [-0.25, -0.2) is 8.42 Å². The van der Waals surface area contributed by atoms with E-state index < -0.39 is 10.0 Å². The Morgan fingerprint density at radius 1 is 1.16 bits per heavy atom. The van der Waals surface area contributed by atoms with Crippen molar-refractivity contribution in [2.75, 3.05) is 24.4 Å². The van der Waals surface area contributed by atoms with Gasteiger partial charge in [0.15, 0.2) is 10.7 Å². The molecule has 1 fully saturated rings. The van der Waals surface area contributed by atoms with Gasteiger partial charge in [0, 0.05) is 5.69 Å². The summed E-state index contributed by atoms with van der Waals surface area (Å²) in [5, 5.41) is 3.71. The molecular formula is C18H25N3O3S. The van der Waals surface area contributed by atoms with E-state index in [9.17, 15) is 8.42 Å². The molecule has 0 amide bonds. The van der Waals surface area contributed by atoms with Gasteiger partial charge in [-0.1, -0.05) is 17.3 Å². The number of hydrogen-bond acceptors (Lipinski definition) is 5. The van der Waals surface area contributed by atoms with Gasteiger partial charge in [0.05, 0.1) is 0 Å². The average Bonchev–Trinajstić information content (AvgIpc) is 3.19. The number of benzene rings is 1. The van der Waals surface area contributed by atoms with Crippen LogP contribution in [0.2, 0.25) is 0 Å². The lowest BCUT2D eigenvalue weighted by Crippen LogP contribution is -2.20. The third-order valence-electron chi connectivity index (χ3n) is 4.58. The van der Waals surface area contributed by atoms with Crippen molar-refractivity contribution in [3.8, 4) is 0 Å². The number of sulfonamides is 1. The lowest BCUT2D eigenvalue weighted by Gasteiger charge is -2.14. The summed E-state index contributed by atoms with van der Waals surface area (Å²) in [4.78, 5) is 2.62. The number of aryl methyl sites for hydroxylation is 3. The SMILES string of the molecule is Cc1noc(C)c1S(=O)(=O)Nc1ccc(CCCN2CCCC2)cc1. The second kappa shape index (κ2) is 7.58. The predicted molar refractivity (Wildman–Crippen MR) is 97.2 cm³/mol. The van der Waals surface area contributed by atoms with Gasteiger partial charge in [0.1, 0.15) is 5.69 Å². The average molecular weight is 363 g/mol. The Bertz CT molecular complexity index is 787. The van der Waals surface area contributed by atoms with Crippen molar-refractivity contribution in [3.63, 3.8) is 0 Å². The van der Waals surface area contributed by atoms with E-state index in [1.807, 2.05) is 12.1 Å². The van der Waals surface area contributed by atoms with E-state index in [0.29, 0.717) is 17.1 Å². The fourth-order valence-corrected chi connectivity index (χ4v) is 4.71. The molecule has 1 saturated heterocycles. The van der Waals surface area contributed by atoms with E-state index in [1.165, 1.54) is 31.5 Å². The van der Waals surface area contributed by atoms with E-state index in [1.54, 1.807) is 26.0 Å². The topological polar surface area (TPSA) is 75.4 Å². The van der Waals surface area contributed by atoms with Crippen LogP contribution in [-0.4, -0.2) is 38.1 Å². The first-order valence-electron chi connectivity index (χ1n) is 8.73. The van der Waals surface area contributed by atoms with E-state index in [4.69, 9.17) is 4.52 Å². The number of hydrogen-bond donors (Lipinski definition) is 1. The fraction of sp³-hybridized carbons (Fsp3) is 0.500. The molecular weight excluding hydrogens is 338 g/mol. The third-order valence-corrected chi connectivity index (χ3v) is 6.21. The van der Waals surface area contributed by atoms with Crippen LogP contribution >= 0.6 is 0 Å². The van der Waals surface area contributed by atoms with Gasteiger partial charge in [-0.2, -0.15) is 0 Å². The largest absolute Gasteiger partial charge is 0.360 e. The summed E-state index contributed by atoms with van der Waals surface area (Å²) >= 11 is 0. The van der Waals surface area contributed by atoms with Crippen LogP contribution in [0.1, 0.15) is 36.3 Å². The standard InChI is InChI=1S/C18H25N3O3S/c1-14-18(15(2)24-19-14)25(22,23)20-17-9-7-16(8-10-17)6-5-13-21-11-3-4-12-21/h7-10,20H,3-6,11-13H2,1-2H3. The van der Waals surface area contributed by atoms with Gasteiger partial charge in [-0.3, -0.25) is 4.72 Å². The molecule has 0 bridgehead atoms. The minimum atomic E-state index is -3.69. The molecule has 7 heteroatoms. The minimum absolute atomic E-state index is 0.113. The molecule has 1 aliphatic heterocycles. The van der Waals surface area contributed by atoms with Crippen LogP contribution in [0.4, 0.5) is 5.69 Å². The van der Waals surface area contributed by atoms with E-state index in [2.05, 4.69) is 14.8 Å². The van der Waals surface area contributed by atoms with Crippen LogP contribution < -0.4 is 4.72 Å². The summed E-state index contributed by atoms with van der Waals surface area (Å²) in [6.45, 7) is 6.80. The van der Waals surface area contributed by atoms with Crippen molar-refractivity contribution in [2.45, 2.75) is 44.4 Å². The number of nitrogens with zero attached hydrogens (tertiary/aromatic N) is 2. The molecule has 1 N–H and O–H groups in total. The molecule has 2 aromatic rings. The molecule has 2 heterocycles. The monoisotopic (exact) mass is 363 g/mol. The first-order valence-corrected chi connectivity index (χ1v) is 10.2. The Morgan fingerprint density at radius 3 is 2.44 bits per heavy atom. The lowest BCUT2D eigenvalue weighted by molar-refractivity contribution is 0.334. The quantitative estimate of drug-likeness (QED) is 0.818. The second-order valence-corrected chi connectivity index (χ2v) is 8.23. The van der Waals surface area contributed by atoms with Crippen LogP contribution in [0.15, 0.2) is 33.7 Å². The first-order chi connectivity index (χ1) is 12.0. The van der Waals surface area contributed by atoms with Crippen molar-refractivity contribution >= 4 is 15.7 Å². The number of anilines is 1. The molecule has 0 atom stereocenters. The molecule has 0 aliphatic carbocycles. The summed E-state index contributed by atoms with van der Waals surface area (Å²) in [6.07, 6.45) is 4.78. The zero-order valence-corrected chi connectivity index (χ0v) is 15.6. The molecule has 1 aromatic heterocycles. The first kappa shape index (κ1) is 17.9. The Kier molecular flexibility index (Phi) is 5.44. The van der Waals surface area contributed by atoms with Gasteiger partial charge in [-0.15, -0.1) is 0 Å². The van der Waals surface area contributed by atoms with Crippen molar-refractivity contribution in [2.24, 2.45) is 0 Å². The predicted octanol–water partition coefficient (Wildman–Crippen LogP) is 3.12. The minimum Gasteiger partial charge on any atom is -0.360 e. The van der Waals surface area contributed by atoms with Crippen LogP contribution in [0, 0.1) is 13.8 Å². The molecule has 6 nitrogen and oxygen atoms in total. The number of aromatic nitrogens is 1. The van der Waals surface area contributed by atoms with Gasteiger partial charge >= 0.3 is 0 Å². The molecule has 0 spiro atoms. The summed E-state index contributed by atoms with van der Waals surface area (Å²) in [7, 11) is -3.69. The Morgan fingerprint density at radius 2 is 1.84 bits per heavy atom. The van der Waals surface area contributed by atoms with Crippen LogP contribution in [0.5, 0.6) is 0 Å². The van der Waals surface area contributed by atoms with Gasteiger partial charge < -0.3 is 9.42 Å². The summed E-state index contributed by atoms with van der Waals surface area (Å²) < 4.78 is 32.5. The summed E-state index contributed by atoms with van der Waals surface area (Å²) in [6, 6.07) is 7.58.